The van der Waals surface area contributed by atoms with Crippen molar-refractivity contribution in [3.63, 3.8) is 0 Å². The molecule has 9 heteroatoms. The Kier molecular flexibility index (Phi) is 4.78. The van der Waals surface area contributed by atoms with Gasteiger partial charge in [0.2, 0.25) is 10.0 Å². The molecule has 1 aromatic heterocycles. The summed E-state index contributed by atoms with van der Waals surface area (Å²) >= 11 is 3.18. The minimum atomic E-state index is -3.65. The van der Waals surface area contributed by atoms with Gasteiger partial charge in [0.05, 0.1) is 6.04 Å². The highest BCUT2D eigenvalue weighted by molar-refractivity contribution is 9.10. The van der Waals surface area contributed by atoms with Crippen LogP contribution in [0.3, 0.4) is 0 Å². The lowest BCUT2D eigenvalue weighted by molar-refractivity contribution is 0.00738. The van der Waals surface area contributed by atoms with Crippen LogP contribution < -0.4 is 4.72 Å². The van der Waals surface area contributed by atoms with E-state index in [1.54, 1.807) is 20.8 Å². The normalized spacial score (nSPS) is 16.3. The molecule has 1 aliphatic rings. The lowest BCUT2D eigenvalue weighted by atomic mass is 10.1. The molecule has 0 aromatic carbocycles. The smallest absolute Gasteiger partial charge is 0.410 e. The summed E-state index contributed by atoms with van der Waals surface area (Å²) in [6, 6.07) is 1.15. The summed E-state index contributed by atoms with van der Waals surface area (Å²) in [5.74, 6) is 0. The Balaban J connectivity index is 1.91. The highest BCUT2D eigenvalue weighted by atomic mass is 79.9. The minimum Gasteiger partial charge on any atom is -0.444 e. The third kappa shape index (κ3) is 4.40. The zero-order valence-electron chi connectivity index (χ0n) is 12.5. The molecule has 2 heterocycles. The fourth-order valence-corrected chi connectivity index (χ4v) is 3.58. The zero-order valence-corrected chi connectivity index (χ0v) is 14.9. The molecule has 0 unspecified atom stereocenters. The number of rotatable bonds is 3. The molecule has 122 valence electrons. The highest BCUT2D eigenvalue weighted by Gasteiger charge is 2.36. The monoisotopic (exact) mass is 391 g/mol. The van der Waals surface area contributed by atoms with Gasteiger partial charge >= 0.3 is 6.09 Å². The Morgan fingerprint density at radius 2 is 2.05 bits per heavy atom. The molecule has 1 fully saturated rings. The van der Waals surface area contributed by atoms with Crippen LogP contribution in [0.2, 0.25) is 0 Å². The van der Waals surface area contributed by atoms with Crippen LogP contribution in [0.15, 0.2) is 27.8 Å². The summed E-state index contributed by atoms with van der Waals surface area (Å²) in [5, 5.41) is 0. The molecule has 1 aliphatic heterocycles. The van der Waals surface area contributed by atoms with Crippen LogP contribution in [0.4, 0.5) is 4.79 Å². The molecule has 1 amide bonds. The highest BCUT2D eigenvalue weighted by Crippen LogP contribution is 2.18. The Morgan fingerprint density at radius 3 is 2.59 bits per heavy atom. The van der Waals surface area contributed by atoms with Gasteiger partial charge in [0, 0.05) is 30.0 Å². The van der Waals surface area contributed by atoms with Crippen molar-refractivity contribution >= 4 is 32.0 Å². The first-order chi connectivity index (χ1) is 10.1. The maximum atomic E-state index is 12.2. The summed E-state index contributed by atoms with van der Waals surface area (Å²) in [7, 11) is -3.65. The largest absolute Gasteiger partial charge is 0.444 e. The molecular weight excluding hydrogens is 374 g/mol. The second kappa shape index (κ2) is 6.13. The van der Waals surface area contributed by atoms with Crippen molar-refractivity contribution in [1.29, 1.82) is 0 Å². The van der Waals surface area contributed by atoms with Crippen LogP contribution in [0.1, 0.15) is 20.8 Å². The fraction of sp³-hybridized carbons (Fsp3) is 0.538. The number of carbonyl (C=O) groups excluding carboxylic acids is 1. The molecule has 1 saturated heterocycles. The van der Waals surface area contributed by atoms with Crippen LogP contribution >= 0.6 is 15.9 Å². The van der Waals surface area contributed by atoms with Crippen LogP contribution in [0.5, 0.6) is 0 Å². The van der Waals surface area contributed by atoms with Gasteiger partial charge in [-0.15, -0.1) is 0 Å². The first-order valence-electron chi connectivity index (χ1n) is 6.68. The first-order valence-corrected chi connectivity index (χ1v) is 8.95. The van der Waals surface area contributed by atoms with E-state index in [0.717, 1.165) is 0 Å². The average Bonchev–Trinajstić information content (AvgIpc) is 2.31. The van der Waals surface area contributed by atoms with Crippen molar-refractivity contribution in [2.24, 2.45) is 0 Å². The Bertz CT molecular complexity index is 666. The van der Waals surface area contributed by atoms with E-state index in [1.807, 2.05) is 0 Å². The number of pyridine rings is 1. The lowest BCUT2D eigenvalue weighted by Gasteiger charge is -2.39. The number of halogens is 1. The number of hydrogen-bond acceptors (Lipinski definition) is 5. The van der Waals surface area contributed by atoms with Crippen molar-refractivity contribution in [2.75, 3.05) is 13.1 Å². The van der Waals surface area contributed by atoms with E-state index in [0.29, 0.717) is 4.47 Å². The van der Waals surface area contributed by atoms with E-state index in [1.165, 1.54) is 23.4 Å². The maximum Gasteiger partial charge on any atom is 0.410 e. The Labute approximate surface area is 138 Å². The standard InChI is InChI=1S/C13H18BrN3O4S/c1-13(2,3)21-12(18)17-7-10(8-17)16-22(19,20)11-4-9(14)5-15-6-11/h4-6,10,16H,7-8H2,1-3H3. The molecule has 1 N–H and O–H groups in total. The van der Waals surface area contributed by atoms with Crippen LogP contribution in [-0.2, 0) is 14.8 Å². The summed E-state index contributed by atoms with van der Waals surface area (Å²) in [4.78, 5) is 17.1. The molecule has 2 rings (SSSR count). The van der Waals surface area contributed by atoms with E-state index < -0.39 is 21.7 Å². The summed E-state index contributed by atoms with van der Waals surface area (Å²) in [5.41, 5.74) is -0.566. The van der Waals surface area contributed by atoms with Crippen LogP contribution in [0, 0.1) is 0 Å². The number of hydrogen-bond donors (Lipinski definition) is 1. The van der Waals surface area contributed by atoms with Crippen LogP contribution in [-0.4, -0.2) is 49.1 Å². The van der Waals surface area contributed by atoms with Crippen LogP contribution in [0.25, 0.3) is 0 Å². The second-order valence-electron chi connectivity index (χ2n) is 6.04. The zero-order chi connectivity index (χ0) is 16.5. The third-order valence-corrected chi connectivity index (χ3v) is 4.77. The molecule has 0 bridgehead atoms. The molecule has 7 nitrogen and oxygen atoms in total. The number of carbonyl (C=O) groups is 1. The number of sulfonamides is 1. The predicted molar refractivity (Wildman–Crippen MR) is 83.9 cm³/mol. The van der Waals surface area contributed by atoms with E-state index in [4.69, 9.17) is 4.74 Å². The fourth-order valence-electron chi connectivity index (χ4n) is 1.86. The van der Waals surface area contributed by atoms with Crippen molar-refractivity contribution in [3.8, 4) is 0 Å². The first kappa shape index (κ1) is 17.2. The van der Waals surface area contributed by atoms with Gasteiger partial charge in [-0.3, -0.25) is 4.98 Å². The van der Waals surface area contributed by atoms with Gasteiger partial charge in [-0.1, -0.05) is 0 Å². The summed E-state index contributed by atoms with van der Waals surface area (Å²) < 4.78 is 32.7. The third-order valence-electron chi connectivity index (χ3n) is 2.85. The van der Waals surface area contributed by atoms with E-state index in [-0.39, 0.29) is 24.0 Å². The van der Waals surface area contributed by atoms with Gasteiger partial charge < -0.3 is 9.64 Å². The Morgan fingerprint density at radius 1 is 1.41 bits per heavy atom. The molecular formula is C13H18BrN3O4S. The number of nitrogens with one attached hydrogen (secondary N) is 1. The Hall–Kier alpha value is -1.19. The minimum absolute atomic E-state index is 0.0811. The molecule has 1 aromatic rings. The number of nitrogens with zero attached hydrogens (tertiary/aromatic N) is 2. The summed E-state index contributed by atoms with van der Waals surface area (Å²) in [6.07, 6.45) is 2.34. The lowest BCUT2D eigenvalue weighted by Crippen LogP contribution is -2.61. The molecule has 0 radical (unpaired) electrons. The topological polar surface area (TPSA) is 88.6 Å². The predicted octanol–water partition coefficient (Wildman–Crippen LogP) is 1.74. The molecule has 0 spiro atoms. The van der Waals surface area contributed by atoms with Crippen molar-refractivity contribution in [3.05, 3.63) is 22.9 Å². The van der Waals surface area contributed by atoms with Crippen molar-refractivity contribution in [1.82, 2.24) is 14.6 Å². The number of amides is 1. The van der Waals surface area contributed by atoms with E-state index in [9.17, 15) is 13.2 Å². The van der Waals surface area contributed by atoms with E-state index in [2.05, 4.69) is 25.6 Å². The van der Waals surface area contributed by atoms with Gasteiger partial charge in [0.15, 0.2) is 0 Å². The number of ether oxygens (including phenoxy) is 1. The molecule has 0 atom stereocenters. The van der Waals surface area contributed by atoms with Gasteiger partial charge in [-0.25, -0.2) is 17.9 Å². The van der Waals surface area contributed by atoms with Crippen molar-refractivity contribution < 1.29 is 17.9 Å². The van der Waals surface area contributed by atoms with Crippen molar-refractivity contribution in [2.45, 2.75) is 37.3 Å². The van der Waals surface area contributed by atoms with Gasteiger partial charge in [-0.2, -0.15) is 0 Å². The quantitative estimate of drug-likeness (QED) is 0.847. The number of likely N-dealkylation sites (tertiary alicyclic amines) is 1. The molecule has 0 saturated carbocycles. The average molecular weight is 392 g/mol. The van der Waals surface area contributed by atoms with Gasteiger partial charge in [0.1, 0.15) is 10.5 Å². The van der Waals surface area contributed by atoms with E-state index >= 15 is 0 Å². The van der Waals surface area contributed by atoms with Gasteiger partial charge in [0.25, 0.3) is 0 Å². The van der Waals surface area contributed by atoms with Gasteiger partial charge in [-0.05, 0) is 42.8 Å². The number of aromatic nitrogens is 1. The summed E-state index contributed by atoms with van der Waals surface area (Å²) in [6.45, 7) is 5.92. The maximum absolute atomic E-state index is 12.2. The molecule has 22 heavy (non-hydrogen) atoms. The second-order valence-corrected chi connectivity index (χ2v) is 8.67. The molecule has 0 aliphatic carbocycles. The SMILES string of the molecule is CC(C)(C)OC(=O)N1CC(NS(=O)(=O)c2cncc(Br)c2)C1.